The number of halogens is 1. The molecule has 0 radical (unpaired) electrons. The largest absolute Gasteiger partial charge is 0.430 e. The molecule has 66 valence electrons. The van der Waals surface area contributed by atoms with Crippen molar-refractivity contribution in [2.75, 3.05) is 20.3 Å². The van der Waals surface area contributed by atoms with E-state index in [-0.39, 0.29) is 0 Å². The maximum absolute atomic E-state index is 10.7. The number of rotatable bonds is 4. The van der Waals surface area contributed by atoms with Crippen molar-refractivity contribution in [3.63, 3.8) is 0 Å². The topological polar surface area (TPSA) is 47.6 Å². The summed E-state index contributed by atoms with van der Waals surface area (Å²) in [5.74, 6) is 0. The summed E-state index contributed by atoms with van der Waals surface area (Å²) in [6, 6.07) is 0. The van der Waals surface area contributed by atoms with Crippen molar-refractivity contribution in [1.82, 2.24) is 5.32 Å². The molecular weight excluding hydrogens is 170 g/mol. The number of alkyl halides is 1. The molecule has 0 saturated heterocycles. The van der Waals surface area contributed by atoms with Gasteiger partial charge < -0.3 is 14.8 Å². The van der Waals surface area contributed by atoms with Crippen LogP contribution < -0.4 is 5.32 Å². The molecule has 0 aromatic heterocycles. The Bertz CT molecular complexity index is 118. The lowest BCUT2D eigenvalue weighted by atomic mass is 10.7. The van der Waals surface area contributed by atoms with Crippen LogP contribution in [0.1, 0.15) is 6.92 Å². The maximum Gasteiger partial charge on any atom is 0.408 e. The summed E-state index contributed by atoms with van der Waals surface area (Å²) < 4.78 is 9.25. The first-order chi connectivity index (χ1) is 5.16. The van der Waals surface area contributed by atoms with E-state index in [1.807, 2.05) is 0 Å². The molecule has 0 aromatic carbocycles. The lowest BCUT2D eigenvalue weighted by Gasteiger charge is -2.06. The number of hydrogen-bond acceptors (Lipinski definition) is 3. The molecule has 0 spiro atoms. The first-order valence-corrected chi connectivity index (χ1v) is 3.68. The highest BCUT2D eigenvalue weighted by Gasteiger charge is 2.03. The molecule has 0 rings (SSSR count). The Morgan fingerprint density at radius 3 is 2.82 bits per heavy atom. The van der Waals surface area contributed by atoms with E-state index in [1.165, 1.54) is 0 Å². The van der Waals surface area contributed by atoms with Crippen LogP contribution >= 0.6 is 11.6 Å². The van der Waals surface area contributed by atoms with Gasteiger partial charge in [0.1, 0.15) is 0 Å². The van der Waals surface area contributed by atoms with Crippen molar-refractivity contribution in [2.24, 2.45) is 0 Å². The van der Waals surface area contributed by atoms with Gasteiger partial charge in [0.2, 0.25) is 0 Å². The fraction of sp³-hybridized carbons (Fsp3) is 0.833. The fourth-order valence-electron chi connectivity index (χ4n) is 0.444. The monoisotopic (exact) mass is 181 g/mol. The molecule has 1 unspecified atom stereocenters. The second kappa shape index (κ2) is 6.24. The molecule has 1 atom stereocenters. The minimum absolute atomic E-state index is 0.430. The highest BCUT2D eigenvalue weighted by Crippen LogP contribution is 1.94. The molecule has 11 heavy (non-hydrogen) atoms. The number of methoxy groups -OCH3 is 1. The molecule has 0 aromatic rings. The van der Waals surface area contributed by atoms with E-state index in [4.69, 9.17) is 16.3 Å². The molecule has 0 heterocycles. The van der Waals surface area contributed by atoms with Crippen molar-refractivity contribution in [3.05, 3.63) is 0 Å². The van der Waals surface area contributed by atoms with Crippen molar-refractivity contribution in [2.45, 2.75) is 12.5 Å². The first kappa shape index (κ1) is 10.5. The predicted octanol–water partition coefficient (Wildman–Crippen LogP) is 0.944. The SMILES string of the molecule is COCCNC(=O)OC(C)Cl. The van der Waals surface area contributed by atoms with Gasteiger partial charge in [0, 0.05) is 13.7 Å². The number of carbonyl (C=O) groups excluding carboxylic acids is 1. The third-order valence-corrected chi connectivity index (χ3v) is 0.934. The highest BCUT2D eigenvalue weighted by molar-refractivity contribution is 6.19. The number of nitrogens with one attached hydrogen (secondary N) is 1. The molecule has 4 nitrogen and oxygen atoms in total. The van der Waals surface area contributed by atoms with E-state index in [2.05, 4.69) is 10.1 Å². The van der Waals surface area contributed by atoms with Crippen LogP contribution in [0.4, 0.5) is 4.79 Å². The molecule has 0 fully saturated rings. The summed E-state index contributed by atoms with van der Waals surface area (Å²) in [4.78, 5) is 10.7. The zero-order valence-corrected chi connectivity index (χ0v) is 7.35. The van der Waals surface area contributed by atoms with Gasteiger partial charge in [-0.2, -0.15) is 0 Å². The summed E-state index contributed by atoms with van der Waals surface area (Å²) in [5.41, 5.74) is -0.599. The number of alkyl carbamates (subject to hydrolysis) is 1. The van der Waals surface area contributed by atoms with Crippen LogP contribution in [-0.4, -0.2) is 31.9 Å². The van der Waals surface area contributed by atoms with Crippen molar-refractivity contribution >= 4 is 17.7 Å². The van der Waals surface area contributed by atoms with Gasteiger partial charge in [0.05, 0.1) is 6.61 Å². The number of amides is 1. The Hall–Kier alpha value is -0.480. The van der Waals surface area contributed by atoms with Crippen molar-refractivity contribution < 1.29 is 14.3 Å². The highest BCUT2D eigenvalue weighted by atomic mass is 35.5. The standard InChI is InChI=1S/C6H12ClNO3/c1-5(7)11-6(9)8-3-4-10-2/h5H,3-4H2,1-2H3,(H,8,9). The Balaban J connectivity index is 3.23. The molecule has 1 amide bonds. The minimum Gasteiger partial charge on any atom is -0.430 e. The first-order valence-electron chi connectivity index (χ1n) is 3.24. The van der Waals surface area contributed by atoms with Crippen LogP contribution in [0.15, 0.2) is 0 Å². The maximum atomic E-state index is 10.7. The summed E-state index contributed by atoms with van der Waals surface area (Å²) in [6.45, 7) is 2.46. The second-order valence-corrected chi connectivity index (χ2v) is 2.48. The zero-order chi connectivity index (χ0) is 8.69. The van der Waals surface area contributed by atoms with Crippen molar-refractivity contribution in [1.29, 1.82) is 0 Å². The second-order valence-electron chi connectivity index (χ2n) is 1.87. The van der Waals surface area contributed by atoms with Gasteiger partial charge in [-0.15, -0.1) is 0 Å². The van der Waals surface area contributed by atoms with E-state index < -0.39 is 11.7 Å². The van der Waals surface area contributed by atoms with Gasteiger partial charge in [0.15, 0.2) is 5.56 Å². The third-order valence-electron chi connectivity index (χ3n) is 0.845. The minimum atomic E-state index is -0.599. The summed E-state index contributed by atoms with van der Waals surface area (Å²) in [6.07, 6.45) is -0.524. The molecule has 0 bridgehead atoms. The van der Waals surface area contributed by atoms with Crippen LogP contribution in [0.3, 0.4) is 0 Å². The van der Waals surface area contributed by atoms with Crippen LogP contribution in [0.5, 0.6) is 0 Å². The number of carbonyl (C=O) groups is 1. The van der Waals surface area contributed by atoms with Gasteiger partial charge in [-0.25, -0.2) is 4.79 Å². The van der Waals surface area contributed by atoms with E-state index in [1.54, 1.807) is 14.0 Å². The van der Waals surface area contributed by atoms with Gasteiger partial charge >= 0.3 is 6.09 Å². The average Bonchev–Trinajstić information content (AvgIpc) is 1.86. The molecule has 0 aliphatic heterocycles. The number of hydrogen-bond donors (Lipinski definition) is 1. The molecule has 0 saturated carbocycles. The smallest absolute Gasteiger partial charge is 0.408 e. The molecule has 1 N–H and O–H groups in total. The Morgan fingerprint density at radius 1 is 1.73 bits per heavy atom. The Kier molecular flexibility index (Phi) is 5.97. The Morgan fingerprint density at radius 2 is 2.36 bits per heavy atom. The molecule has 0 aliphatic carbocycles. The normalized spacial score (nSPS) is 12.3. The molecular formula is C6H12ClNO3. The van der Waals surface area contributed by atoms with E-state index in [0.29, 0.717) is 13.2 Å². The predicted molar refractivity (Wildman–Crippen MR) is 41.7 cm³/mol. The quantitative estimate of drug-likeness (QED) is 0.519. The van der Waals surface area contributed by atoms with E-state index in [0.717, 1.165) is 0 Å². The van der Waals surface area contributed by atoms with Gasteiger partial charge in [-0.3, -0.25) is 0 Å². The van der Waals surface area contributed by atoms with E-state index >= 15 is 0 Å². The summed E-state index contributed by atoms with van der Waals surface area (Å²) in [5, 5.41) is 2.44. The van der Waals surface area contributed by atoms with Gasteiger partial charge in [0.25, 0.3) is 0 Å². The number of ether oxygens (including phenoxy) is 2. The lowest BCUT2D eigenvalue weighted by molar-refractivity contribution is 0.132. The van der Waals surface area contributed by atoms with Crippen LogP contribution in [0.25, 0.3) is 0 Å². The van der Waals surface area contributed by atoms with E-state index in [9.17, 15) is 4.79 Å². The zero-order valence-electron chi connectivity index (χ0n) is 6.59. The third kappa shape index (κ3) is 7.42. The van der Waals surface area contributed by atoms with Gasteiger partial charge in [-0.1, -0.05) is 11.6 Å². The van der Waals surface area contributed by atoms with Crippen LogP contribution in [0.2, 0.25) is 0 Å². The average molecular weight is 182 g/mol. The fourth-order valence-corrected chi connectivity index (χ4v) is 0.525. The molecule has 5 heteroatoms. The van der Waals surface area contributed by atoms with Crippen molar-refractivity contribution in [3.8, 4) is 0 Å². The van der Waals surface area contributed by atoms with Crippen LogP contribution in [0, 0.1) is 0 Å². The van der Waals surface area contributed by atoms with Gasteiger partial charge in [-0.05, 0) is 6.92 Å². The summed E-state index contributed by atoms with van der Waals surface area (Å²) in [7, 11) is 1.55. The lowest BCUT2D eigenvalue weighted by Crippen LogP contribution is -2.29. The van der Waals surface area contributed by atoms with Crippen LogP contribution in [-0.2, 0) is 9.47 Å². The summed E-state index contributed by atoms with van der Waals surface area (Å²) >= 11 is 5.37. The molecule has 0 aliphatic rings. The Labute approximate surface area is 70.8 Å².